The summed E-state index contributed by atoms with van der Waals surface area (Å²) >= 11 is 5.84. The van der Waals surface area contributed by atoms with Gasteiger partial charge in [-0.2, -0.15) is 0 Å². The number of anilines is 3. The molecule has 0 spiro atoms. The van der Waals surface area contributed by atoms with Gasteiger partial charge in [-0.15, -0.1) is 0 Å². The number of hydrogen-bond donors (Lipinski definition) is 2. The molecule has 0 aliphatic carbocycles. The third-order valence-corrected chi connectivity index (χ3v) is 3.98. The molecule has 3 rings (SSSR count). The second kappa shape index (κ2) is 7.89. The van der Waals surface area contributed by atoms with Crippen LogP contribution in [0.1, 0.15) is 16.1 Å². The van der Waals surface area contributed by atoms with Crippen LogP contribution < -0.4 is 15.4 Å². The van der Waals surface area contributed by atoms with Crippen LogP contribution in [0.5, 0.6) is 5.75 Å². The second-order valence-corrected chi connectivity index (χ2v) is 6.16. The van der Waals surface area contributed by atoms with Gasteiger partial charge in [-0.3, -0.25) is 4.79 Å². The molecule has 0 atom stereocenters. The van der Waals surface area contributed by atoms with Crippen molar-refractivity contribution in [2.45, 2.75) is 6.92 Å². The predicted octanol–water partition coefficient (Wildman–Crippen LogP) is 5.05. The van der Waals surface area contributed by atoms with E-state index in [0.717, 1.165) is 22.7 Å². The SMILES string of the molecule is COc1ccc(C)cc1Nc1ccc(C(=O)Nc2ccc(Cl)cc2)nc1. The van der Waals surface area contributed by atoms with E-state index in [-0.39, 0.29) is 5.91 Å². The molecule has 0 radical (unpaired) electrons. The van der Waals surface area contributed by atoms with Gasteiger partial charge in [-0.05, 0) is 61.0 Å². The Morgan fingerprint density at radius 2 is 1.77 bits per heavy atom. The summed E-state index contributed by atoms with van der Waals surface area (Å²) in [5.74, 6) is 0.451. The van der Waals surface area contributed by atoms with E-state index in [2.05, 4.69) is 15.6 Å². The largest absolute Gasteiger partial charge is 0.495 e. The molecule has 1 amide bonds. The average Bonchev–Trinajstić information content (AvgIpc) is 2.64. The van der Waals surface area contributed by atoms with E-state index >= 15 is 0 Å². The maximum absolute atomic E-state index is 12.3. The van der Waals surface area contributed by atoms with E-state index in [1.807, 2.05) is 25.1 Å². The fourth-order valence-corrected chi connectivity index (χ4v) is 2.53. The highest BCUT2D eigenvalue weighted by molar-refractivity contribution is 6.30. The number of halogens is 1. The minimum absolute atomic E-state index is 0.285. The van der Waals surface area contributed by atoms with Crippen molar-refractivity contribution in [3.63, 3.8) is 0 Å². The number of ether oxygens (including phenoxy) is 1. The van der Waals surface area contributed by atoms with Crippen molar-refractivity contribution < 1.29 is 9.53 Å². The third kappa shape index (κ3) is 4.32. The summed E-state index contributed by atoms with van der Waals surface area (Å²) in [6, 6.07) is 16.2. The maximum atomic E-state index is 12.3. The van der Waals surface area contributed by atoms with Crippen LogP contribution in [0.25, 0.3) is 0 Å². The number of hydrogen-bond acceptors (Lipinski definition) is 4. The molecule has 0 bridgehead atoms. The monoisotopic (exact) mass is 367 g/mol. The minimum Gasteiger partial charge on any atom is -0.495 e. The molecule has 0 aliphatic heterocycles. The lowest BCUT2D eigenvalue weighted by Crippen LogP contribution is -2.13. The first-order valence-electron chi connectivity index (χ1n) is 8.00. The molecule has 3 aromatic rings. The first kappa shape index (κ1) is 17.8. The van der Waals surface area contributed by atoms with Crippen molar-refractivity contribution in [3.8, 4) is 5.75 Å². The highest BCUT2D eigenvalue weighted by Gasteiger charge is 2.09. The first-order chi connectivity index (χ1) is 12.5. The topological polar surface area (TPSA) is 63.2 Å². The fraction of sp³-hybridized carbons (Fsp3) is 0.100. The first-order valence-corrected chi connectivity index (χ1v) is 8.37. The summed E-state index contributed by atoms with van der Waals surface area (Å²) < 4.78 is 5.35. The van der Waals surface area contributed by atoms with Crippen LogP contribution in [0.4, 0.5) is 17.1 Å². The van der Waals surface area contributed by atoms with Crippen molar-refractivity contribution >= 4 is 34.6 Å². The van der Waals surface area contributed by atoms with Gasteiger partial charge in [-0.1, -0.05) is 17.7 Å². The molecule has 0 fully saturated rings. The third-order valence-electron chi connectivity index (χ3n) is 3.73. The number of carbonyl (C=O) groups is 1. The molecule has 5 nitrogen and oxygen atoms in total. The quantitative estimate of drug-likeness (QED) is 0.662. The lowest BCUT2D eigenvalue weighted by molar-refractivity contribution is 0.102. The highest BCUT2D eigenvalue weighted by atomic mass is 35.5. The summed E-state index contributed by atoms with van der Waals surface area (Å²) in [6.07, 6.45) is 1.61. The van der Waals surface area contributed by atoms with Gasteiger partial charge >= 0.3 is 0 Å². The van der Waals surface area contributed by atoms with Crippen molar-refractivity contribution in [2.24, 2.45) is 0 Å². The molecular formula is C20H18ClN3O2. The van der Waals surface area contributed by atoms with Gasteiger partial charge in [0, 0.05) is 10.7 Å². The summed E-state index contributed by atoms with van der Waals surface area (Å²) in [4.78, 5) is 16.5. The Hall–Kier alpha value is -3.05. The van der Waals surface area contributed by atoms with Crippen LogP contribution in [0.2, 0.25) is 5.02 Å². The molecule has 0 saturated heterocycles. The zero-order valence-corrected chi connectivity index (χ0v) is 15.2. The number of carbonyl (C=O) groups excluding carboxylic acids is 1. The fourth-order valence-electron chi connectivity index (χ4n) is 2.41. The lowest BCUT2D eigenvalue weighted by Gasteiger charge is -2.12. The Balaban J connectivity index is 1.71. The Kier molecular flexibility index (Phi) is 5.39. The average molecular weight is 368 g/mol. The van der Waals surface area contributed by atoms with Crippen LogP contribution in [0.15, 0.2) is 60.8 Å². The molecule has 132 valence electrons. The van der Waals surface area contributed by atoms with Crippen molar-refractivity contribution in [2.75, 3.05) is 17.7 Å². The number of nitrogens with one attached hydrogen (secondary N) is 2. The molecule has 0 saturated carbocycles. The number of aryl methyl sites for hydroxylation is 1. The van der Waals surface area contributed by atoms with Crippen molar-refractivity contribution in [1.29, 1.82) is 0 Å². The zero-order valence-electron chi connectivity index (χ0n) is 14.4. The predicted molar refractivity (Wildman–Crippen MR) is 105 cm³/mol. The Labute approximate surface area is 157 Å². The number of amides is 1. The molecule has 2 N–H and O–H groups in total. The Bertz CT molecular complexity index is 909. The number of benzene rings is 2. The molecule has 2 aromatic carbocycles. The summed E-state index contributed by atoms with van der Waals surface area (Å²) in [6.45, 7) is 2.01. The summed E-state index contributed by atoms with van der Waals surface area (Å²) in [7, 11) is 1.62. The number of pyridine rings is 1. The number of rotatable bonds is 5. The van der Waals surface area contributed by atoms with Crippen molar-refractivity contribution in [1.82, 2.24) is 4.98 Å². The molecule has 0 aliphatic rings. The molecule has 6 heteroatoms. The summed E-state index contributed by atoms with van der Waals surface area (Å²) in [5.41, 5.74) is 3.69. The maximum Gasteiger partial charge on any atom is 0.274 e. The van der Waals surface area contributed by atoms with Gasteiger partial charge in [0.05, 0.1) is 24.7 Å². The Morgan fingerprint density at radius 3 is 2.42 bits per heavy atom. The lowest BCUT2D eigenvalue weighted by atomic mass is 10.2. The van der Waals surface area contributed by atoms with Gasteiger partial charge in [-0.25, -0.2) is 4.98 Å². The molecule has 1 aromatic heterocycles. The molecular weight excluding hydrogens is 350 g/mol. The van der Waals surface area contributed by atoms with E-state index in [9.17, 15) is 4.79 Å². The number of methoxy groups -OCH3 is 1. The summed E-state index contributed by atoms with van der Waals surface area (Å²) in [5, 5.41) is 6.65. The molecule has 0 unspecified atom stereocenters. The number of aromatic nitrogens is 1. The van der Waals surface area contributed by atoms with E-state index in [4.69, 9.17) is 16.3 Å². The van der Waals surface area contributed by atoms with E-state index in [0.29, 0.717) is 16.4 Å². The van der Waals surface area contributed by atoms with Crippen LogP contribution in [0.3, 0.4) is 0 Å². The number of nitrogens with zero attached hydrogens (tertiary/aromatic N) is 1. The standard InChI is InChI=1S/C20H18ClN3O2/c1-13-3-10-19(26-2)18(11-13)23-16-8-9-17(22-12-16)20(25)24-15-6-4-14(21)5-7-15/h3-12,23H,1-2H3,(H,24,25). The zero-order chi connectivity index (χ0) is 18.5. The normalized spacial score (nSPS) is 10.3. The Morgan fingerprint density at radius 1 is 1.04 bits per heavy atom. The van der Waals surface area contributed by atoms with E-state index in [1.165, 1.54) is 0 Å². The highest BCUT2D eigenvalue weighted by Crippen LogP contribution is 2.28. The van der Waals surface area contributed by atoms with Gasteiger partial charge in [0.2, 0.25) is 0 Å². The van der Waals surface area contributed by atoms with Crippen LogP contribution in [-0.4, -0.2) is 18.0 Å². The molecule has 1 heterocycles. The van der Waals surface area contributed by atoms with Gasteiger partial charge in [0.15, 0.2) is 0 Å². The van der Waals surface area contributed by atoms with Gasteiger partial charge in [0.1, 0.15) is 11.4 Å². The van der Waals surface area contributed by atoms with Crippen molar-refractivity contribution in [3.05, 3.63) is 77.1 Å². The smallest absolute Gasteiger partial charge is 0.274 e. The van der Waals surface area contributed by atoms with Gasteiger partial charge < -0.3 is 15.4 Å². The van der Waals surface area contributed by atoms with E-state index < -0.39 is 0 Å². The molecule has 26 heavy (non-hydrogen) atoms. The van der Waals surface area contributed by atoms with Crippen LogP contribution in [-0.2, 0) is 0 Å². The minimum atomic E-state index is -0.285. The van der Waals surface area contributed by atoms with E-state index in [1.54, 1.807) is 49.7 Å². The van der Waals surface area contributed by atoms with Crippen LogP contribution >= 0.6 is 11.6 Å². The van der Waals surface area contributed by atoms with Crippen LogP contribution in [0, 0.1) is 6.92 Å². The second-order valence-electron chi connectivity index (χ2n) is 5.72. The van der Waals surface area contributed by atoms with Gasteiger partial charge in [0.25, 0.3) is 5.91 Å².